The molecule has 4 heteroatoms. The van der Waals surface area contributed by atoms with Crippen molar-refractivity contribution in [2.24, 2.45) is 17.8 Å². The maximum absolute atomic E-state index is 13.3. The summed E-state index contributed by atoms with van der Waals surface area (Å²) in [6, 6.07) is 15.1. The van der Waals surface area contributed by atoms with Crippen LogP contribution in [-0.4, -0.2) is 33.2 Å². The van der Waals surface area contributed by atoms with E-state index in [1.54, 1.807) is 0 Å². The molecule has 7 rings (SSSR count). The monoisotopic (exact) mass is 376 g/mol. The number of aliphatic hydroxyl groups is 1. The summed E-state index contributed by atoms with van der Waals surface area (Å²) in [6.07, 6.45) is 5.03. The SMILES string of the molecule is CC1(C)C(=O)N(C2C3CC4CC2CC(O)(C4)C3)N1c1ccc2ccccc2c1. The van der Waals surface area contributed by atoms with Gasteiger partial charge in [-0.1, -0.05) is 30.3 Å². The Kier molecular flexibility index (Phi) is 3.18. The van der Waals surface area contributed by atoms with Gasteiger partial charge in [0.2, 0.25) is 0 Å². The summed E-state index contributed by atoms with van der Waals surface area (Å²) < 4.78 is 0. The largest absolute Gasteiger partial charge is 0.390 e. The zero-order valence-corrected chi connectivity index (χ0v) is 16.6. The fourth-order valence-corrected chi connectivity index (χ4v) is 7.06. The molecular weight excluding hydrogens is 348 g/mol. The molecule has 4 saturated carbocycles. The zero-order valence-electron chi connectivity index (χ0n) is 16.6. The molecule has 28 heavy (non-hydrogen) atoms. The normalized spacial score (nSPS) is 38.2. The van der Waals surface area contributed by atoms with Crippen molar-refractivity contribution >= 4 is 22.4 Å². The molecule has 1 aliphatic heterocycles. The van der Waals surface area contributed by atoms with Crippen LogP contribution in [0.3, 0.4) is 0 Å². The van der Waals surface area contributed by atoms with Crippen LogP contribution in [-0.2, 0) is 4.79 Å². The molecule has 0 radical (unpaired) electrons. The Balaban J connectivity index is 1.40. The summed E-state index contributed by atoms with van der Waals surface area (Å²) in [4.78, 5) is 13.3. The topological polar surface area (TPSA) is 43.8 Å². The van der Waals surface area contributed by atoms with E-state index >= 15 is 0 Å². The Bertz CT molecular complexity index is 967. The second-order valence-corrected chi connectivity index (χ2v) is 10.2. The van der Waals surface area contributed by atoms with Crippen LogP contribution >= 0.6 is 0 Å². The third kappa shape index (κ3) is 2.13. The number of hydrazine groups is 1. The van der Waals surface area contributed by atoms with Crippen LogP contribution < -0.4 is 5.01 Å². The molecule has 2 unspecified atom stereocenters. The van der Waals surface area contributed by atoms with Crippen molar-refractivity contribution in [1.29, 1.82) is 0 Å². The average molecular weight is 377 g/mol. The van der Waals surface area contributed by atoms with Crippen molar-refractivity contribution < 1.29 is 9.90 Å². The highest BCUT2D eigenvalue weighted by atomic mass is 16.3. The van der Waals surface area contributed by atoms with Gasteiger partial charge in [-0.25, -0.2) is 5.01 Å². The summed E-state index contributed by atoms with van der Waals surface area (Å²) in [5.74, 6) is 1.74. The molecule has 5 fully saturated rings. The number of benzene rings is 2. The number of nitrogens with zero attached hydrogens (tertiary/aromatic N) is 2. The van der Waals surface area contributed by atoms with E-state index in [0.29, 0.717) is 17.8 Å². The number of carbonyl (C=O) groups excluding carboxylic acids is 1. The molecule has 1 amide bonds. The highest BCUT2D eigenvalue weighted by Gasteiger charge is 2.63. The molecule has 4 nitrogen and oxygen atoms in total. The maximum Gasteiger partial charge on any atom is 0.268 e. The van der Waals surface area contributed by atoms with Gasteiger partial charge in [0.1, 0.15) is 5.54 Å². The van der Waals surface area contributed by atoms with E-state index in [9.17, 15) is 9.90 Å². The lowest BCUT2D eigenvalue weighted by Crippen LogP contribution is -2.80. The van der Waals surface area contributed by atoms with Gasteiger partial charge in [0, 0.05) is 0 Å². The Hall–Kier alpha value is -2.07. The minimum atomic E-state index is -0.520. The van der Waals surface area contributed by atoms with Gasteiger partial charge in [0.05, 0.1) is 17.3 Å². The number of rotatable bonds is 2. The lowest BCUT2D eigenvalue weighted by Gasteiger charge is -2.67. The lowest BCUT2D eigenvalue weighted by molar-refractivity contribution is -0.190. The van der Waals surface area contributed by atoms with E-state index in [1.807, 2.05) is 13.8 Å². The molecule has 5 aliphatic rings. The van der Waals surface area contributed by atoms with Gasteiger partial charge in [0.15, 0.2) is 0 Å². The van der Waals surface area contributed by atoms with Gasteiger partial charge in [-0.3, -0.25) is 9.80 Å². The van der Waals surface area contributed by atoms with Crippen molar-refractivity contribution in [1.82, 2.24) is 5.01 Å². The fraction of sp³-hybridized carbons (Fsp3) is 0.542. The van der Waals surface area contributed by atoms with Gasteiger partial charge in [-0.2, -0.15) is 0 Å². The van der Waals surface area contributed by atoms with Gasteiger partial charge in [-0.15, -0.1) is 0 Å². The van der Waals surface area contributed by atoms with Gasteiger partial charge in [-0.05, 0) is 86.6 Å². The third-order valence-electron chi connectivity index (χ3n) is 7.93. The first-order valence-corrected chi connectivity index (χ1v) is 10.7. The standard InChI is InChI=1S/C24H28N2O2/c1-23(2)22(27)25(21-18-9-15-10-19(21)14-24(28,12-15)13-18)26(23)20-8-7-16-5-3-4-6-17(16)11-20/h3-8,11,15,18-19,21,28H,9-10,12-14H2,1-2H3. The third-order valence-corrected chi connectivity index (χ3v) is 7.93. The molecule has 1 N–H and O–H groups in total. The van der Waals surface area contributed by atoms with E-state index in [-0.39, 0.29) is 11.9 Å². The summed E-state index contributed by atoms with van der Waals surface area (Å²) in [7, 11) is 0. The summed E-state index contributed by atoms with van der Waals surface area (Å²) >= 11 is 0. The first-order valence-electron chi connectivity index (χ1n) is 10.7. The summed E-state index contributed by atoms with van der Waals surface area (Å²) in [6.45, 7) is 4.06. The average Bonchev–Trinajstić information content (AvgIpc) is 2.64. The number of hydrogen-bond donors (Lipinski definition) is 1. The van der Waals surface area contributed by atoms with E-state index in [4.69, 9.17) is 0 Å². The van der Waals surface area contributed by atoms with Crippen LogP contribution in [0.2, 0.25) is 0 Å². The van der Waals surface area contributed by atoms with Crippen LogP contribution in [0.5, 0.6) is 0 Å². The van der Waals surface area contributed by atoms with Crippen molar-refractivity contribution in [3.63, 3.8) is 0 Å². The zero-order chi connectivity index (χ0) is 19.3. The lowest BCUT2D eigenvalue weighted by atomic mass is 9.52. The quantitative estimate of drug-likeness (QED) is 0.857. The van der Waals surface area contributed by atoms with Crippen molar-refractivity contribution in [3.8, 4) is 0 Å². The molecule has 4 bridgehead atoms. The molecule has 146 valence electrons. The summed E-state index contributed by atoms with van der Waals surface area (Å²) in [5.41, 5.74) is 0.105. The molecule has 4 aliphatic carbocycles. The number of hydrogen-bond acceptors (Lipinski definition) is 3. The van der Waals surface area contributed by atoms with Crippen molar-refractivity contribution in [3.05, 3.63) is 42.5 Å². The molecule has 1 heterocycles. The van der Waals surface area contributed by atoms with Crippen LogP contribution in [0.1, 0.15) is 46.0 Å². The smallest absolute Gasteiger partial charge is 0.268 e. The second kappa shape index (κ2) is 5.29. The van der Waals surface area contributed by atoms with E-state index in [0.717, 1.165) is 24.9 Å². The highest BCUT2D eigenvalue weighted by molar-refractivity contribution is 5.99. The first kappa shape index (κ1) is 16.8. The van der Waals surface area contributed by atoms with Crippen LogP contribution in [0.15, 0.2) is 42.5 Å². The molecule has 0 aromatic heterocycles. The first-order chi connectivity index (χ1) is 13.4. The second-order valence-electron chi connectivity index (χ2n) is 10.2. The van der Waals surface area contributed by atoms with E-state index in [2.05, 4.69) is 52.5 Å². The molecule has 0 spiro atoms. The number of anilines is 1. The van der Waals surface area contributed by atoms with Gasteiger partial charge < -0.3 is 5.11 Å². The minimum Gasteiger partial charge on any atom is -0.390 e. The number of fused-ring (bicyclic) bond motifs is 1. The molecule has 2 aromatic carbocycles. The Morgan fingerprint density at radius 1 is 0.964 bits per heavy atom. The van der Waals surface area contributed by atoms with Crippen LogP contribution in [0, 0.1) is 17.8 Å². The molecule has 2 atom stereocenters. The molecule has 1 saturated heterocycles. The molecule has 2 aromatic rings. The maximum atomic E-state index is 13.3. The van der Waals surface area contributed by atoms with E-state index in [1.165, 1.54) is 23.6 Å². The Morgan fingerprint density at radius 2 is 1.64 bits per heavy atom. The minimum absolute atomic E-state index is 0.227. The number of carbonyl (C=O) groups is 1. The van der Waals surface area contributed by atoms with Crippen molar-refractivity contribution in [2.45, 2.75) is 63.1 Å². The number of amides is 1. The predicted molar refractivity (Wildman–Crippen MR) is 110 cm³/mol. The van der Waals surface area contributed by atoms with Gasteiger partial charge in [0.25, 0.3) is 5.91 Å². The Labute approximate surface area is 166 Å². The van der Waals surface area contributed by atoms with Gasteiger partial charge >= 0.3 is 0 Å². The van der Waals surface area contributed by atoms with Crippen molar-refractivity contribution in [2.75, 3.05) is 5.01 Å². The predicted octanol–water partition coefficient (Wildman–Crippen LogP) is 4.12. The summed E-state index contributed by atoms with van der Waals surface area (Å²) in [5, 5.41) is 17.7. The Morgan fingerprint density at radius 3 is 2.32 bits per heavy atom. The fourth-order valence-electron chi connectivity index (χ4n) is 7.06. The molecular formula is C24H28N2O2. The van der Waals surface area contributed by atoms with Crippen LogP contribution in [0.4, 0.5) is 5.69 Å². The van der Waals surface area contributed by atoms with E-state index < -0.39 is 11.1 Å². The van der Waals surface area contributed by atoms with Crippen LogP contribution in [0.25, 0.3) is 10.8 Å². The highest BCUT2D eigenvalue weighted by Crippen LogP contribution is 2.58.